The van der Waals surface area contributed by atoms with Gasteiger partial charge in [0.2, 0.25) is 5.88 Å². The Labute approximate surface area is 198 Å². The second-order valence-electron chi connectivity index (χ2n) is 7.88. The van der Waals surface area contributed by atoms with E-state index in [2.05, 4.69) is 20.4 Å². The molecule has 0 aliphatic carbocycles. The van der Waals surface area contributed by atoms with E-state index in [1.54, 1.807) is 13.0 Å². The van der Waals surface area contributed by atoms with Crippen molar-refractivity contribution in [1.82, 2.24) is 24.9 Å². The van der Waals surface area contributed by atoms with Crippen LogP contribution in [0.1, 0.15) is 35.9 Å². The third-order valence-electron chi connectivity index (χ3n) is 5.26. The zero-order chi connectivity index (χ0) is 23.6. The lowest BCUT2D eigenvalue weighted by atomic mass is 9.94. The van der Waals surface area contributed by atoms with Crippen molar-refractivity contribution in [2.45, 2.75) is 38.7 Å². The Balaban J connectivity index is 1.57. The SMILES string of the molecule is Cc1c(C(=O)NC2(C)CCSCC2)nc2ccc(Oc3ncc(Cl)cc3OCC(F)F)nn12. The van der Waals surface area contributed by atoms with Gasteiger partial charge in [-0.3, -0.25) is 4.79 Å². The summed E-state index contributed by atoms with van der Waals surface area (Å²) in [7, 11) is 0. The second kappa shape index (κ2) is 9.68. The number of thioether (sulfide) groups is 1. The standard InChI is InChI=1S/C21H22ClF2N5O3S/c1-12-18(19(30)27-21(2)5-7-33-8-6-21)26-16-3-4-17(28-29(12)16)32-20-14(31-11-15(23)24)9-13(22)10-25-20/h3-4,9-10,15H,5-8,11H2,1-2H3,(H,27,30). The molecule has 1 amide bonds. The summed E-state index contributed by atoms with van der Waals surface area (Å²) in [5, 5.41) is 7.69. The molecule has 1 fully saturated rings. The monoisotopic (exact) mass is 497 g/mol. The van der Waals surface area contributed by atoms with Gasteiger partial charge < -0.3 is 14.8 Å². The molecule has 0 bridgehead atoms. The number of aryl methyl sites for hydroxylation is 1. The van der Waals surface area contributed by atoms with Crippen LogP contribution in [0.3, 0.4) is 0 Å². The van der Waals surface area contributed by atoms with E-state index in [-0.39, 0.29) is 39.7 Å². The van der Waals surface area contributed by atoms with Crippen molar-refractivity contribution >= 4 is 34.9 Å². The van der Waals surface area contributed by atoms with E-state index in [1.807, 2.05) is 18.7 Å². The summed E-state index contributed by atoms with van der Waals surface area (Å²) in [5.41, 5.74) is 1.03. The van der Waals surface area contributed by atoms with Crippen molar-refractivity contribution in [2.75, 3.05) is 18.1 Å². The lowest BCUT2D eigenvalue weighted by molar-refractivity contribution is 0.0803. The van der Waals surface area contributed by atoms with Crippen LogP contribution in [0.5, 0.6) is 17.5 Å². The number of hydrogen-bond acceptors (Lipinski definition) is 7. The lowest BCUT2D eigenvalue weighted by Crippen LogP contribution is -2.48. The van der Waals surface area contributed by atoms with Gasteiger partial charge in [0.15, 0.2) is 17.1 Å². The molecule has 12 heteroatoms. The molecule has 1 N–H and O–H groups in total. The van der Waals surface area contributed by atoms with Gasteiger partial charge in [0.05, 0.1) is 10.7 Å². The van der Waals surface area contributed by atoms with Gasteiger partial charge in [0.25, 0.3) is 18.2 Å². The summed E-state index contributed by atoms with van der Waals surface area (Å²) in [4.78, 5) is 21.4. The molecule has 4 rings (SSSR count). The van der Waals surface area contributed by atoms with Gasteiger partial charge in [-0.25, -0.2) is 23.3 Å². The zero-order valence-corrected chi connectivity index (χ0v) is 19.6. The van der Waals surface area contributed by atoms with E-state index in [1.165, 1.54) is 22.8 Å². The van der Waals surface area contributed by atoms with Gasteiger partial charge in [0.1, 0.15) is 6.61 Å². The van der Waals surface area contributed by atoms with Gasteiger partial charge in [-0.2, -0.15) is 11.8 Å². The quantitative estimate of drug-likeness (QED) is 0.512. The van der Waals surface area contributed by atoms with Crippen LogP contribution in [0.4, 0.5) is 8.78 Å². The molecule has 1 aliphatic rings. The average Bonchev–Trinajstić information content (AvgIpc) is 3.10. The first-order valence-electron chi connectivity index (χ1n) is 10.2. The van der Waals surface area contributed by atoms with Gasteiger partial charge in [0, 0.05) is 23.9 Å². The third kappa shape index (κ3) is 5.47. The summed E-state index contributed by atoms with van der Waals surface area (Å²) in [6.45, 7) is 2.96. The number of halogens is 3. The number of hydrogen-bond donors (Lipinski definition) is 1. The molecule has 0 atom stereocenters. The minimum atomic E-state index is -2.67. The highest BCUT2D eigenvalue weighted by atomic mass is 35.5. The second-order valence-corrected chi connectivity index (χ2v) is 9.54. The van der Waals surface area contributed by atoms with Gasteiger partial charge in [-0.15, -0.1) is 5.10 Å². The topological polar surface area (TPSA) is 90.6 Å². The summed E-state index contributed by atoms with van der Waals surface area (Å²) in [6.07, 6.45) is 0.436. The molecule has 1 saturated heterocycles. The first-order chi connectivity index (χ1) is 15.7. The average molecular weight is 498 g/mol. The molecule has 33 heavy (non-hydrogen) atoms. The van der Waals surface area contributed by atoms with E-state index < -0.39 is 13.0 Å². The van der Waals surface area contributed by atoms with Crippen LogP contribution in [-0.4, -0.2) is 55.6 Å². The van der Waals surface area contributed by atoms with Crippen molar-refractivity contribution in [1.29, 1.82) is 0 Å². The number of carbonyl (C=O) groups is 1. The minimum Gasteiger partial charge on any atom is -0.482 e. The predicted molar refractivity (Wildman–Crippen MR) is 121 cm³/mol. The number of imidazole rings is 1. The number of fused-ring (bicyclic) bond motifs is 1. The minimum absolute atomic E-state index is 0.0361. The summed E-state index contributed by atoms with van der Waals surface area (Å²) in [5.74, 6) is 1.77. The first kappa shape index (κ1) is 23.5. The highest BCUT2D eigenvalue weighted by Crippen LogP contribution is 2.31. The zero-order valence-electron chi connectivity index (χ0n) is 18.0. The highest BCUT2D eigenvalue weighted by Gasteiger charge is 2.30. The third-order valence-corrected chi connectivity index (χ3v) is 6.45. The predicted octanol–water partition coefficient (Wildman–Crippen LogP) is 4.54. The maximum Gasteiger partial charge on any atom is 0.272 e. The fraction of sp³-hybridized carbons (Fsp3) is 0.429. The molecule has 0 radical (unpaired) electrons. The molecule has 4 heterocycles. The summed E-state index contributed by atoms with van der Waals surface area (Å²) < 4.78 is 37.3. The van der Waals surface area contributed by atoms with Crippen LogP contribution >= 0.6 is 23.4 Å². The Bertz CT molecular complexity index is 1170. The maximum atomic E-state index is 12.9. The number of nitrogens with one attached hydrogen (secondary N) is 1. The van der Waals surface area contributed by atoms with Crippen LogP contribution in [0.15, 0.2) is 24.4 Å². The normalized spacial score (nSPS) is 15.6. The highest BCUT2D eigenvalue weighted by molar-refractivity contribution is 7.99. The molecular formula is C21H22ClF2N5O3S. The van der Waals surface area contributed by atoms with Gasteiger partial charge in [-0.05, 0) is 44.3 Å². The molecule has 0 aromatic carbocycles. The van der Waals surface area contributed by atoms with Crippen LogP contribution < -0.4 is 14.8 Å². The molecular weight excluding hydrogens is 476 g/mol. The molecule has 176 valence electrons. The number of rotatable bonds is 7. The lowest BCUT2D eigenvalue weighted by Gasteiger charge is -2.34. The number of nitrogens with zero attached hydrogens (tertiary/aromatic N) is 4. The first-order valence-corrected chi connectivity index (χ1v) is 11.8. The molecule has 0 spiro atoms. The fourth-order valence-corrected chi connectivity index (χ4v) is 4.96. The number of ether oxygens (including phenoxy) is 2. The molecule has 3 aromatic heterocycles. The van der Waals surface area contributed by atoms with E-state index in [4.69, 9.17) is 21.1 Å². The molecule has 3 aromatic rings. The summed E-state index contributed by atoms with van der Waals surface area (Å²) >= 11 is 7.78. The molecule has 0 saturated carbocycles. The summed E-state index contributed by atoms with van der Waals surface area (Å²) in [6, 6.07) is 4.51. The maximum absolute atomic E-state index is 12.9. The fourth-order valence-electron chi connectivity index (χ4n) is 3.42. The number of pyridine rings is 1. The van der Waals surface area contributed by atoms with Crippen molar-refractivity contribution in [3.8, 4) is 17.5 Å². The largest absolute Gasteiger partial charge is 0.482 e. The van der Waals surface area contributed by atoms with E-state index in [0.717, 1.165) is 24.3 Å². The number of alkyl halides is 2. The number of amides is 1. The molecule has 1 aliphatic heterocycles. The Morgan fingerprint density at radius 3 is 2.85 bits per heavy atom. The van der Waals surface area contributed by atoms with E-state index >= 15 is 0 Å². The Morgan fingerprint density at radius 1 is 1.36 bits per heavy atom. The molecule has 8 nitrogen and oxygen atoms in total. The van der Waals surface area contributed by atoms with E-state index in [9.17, 15) is 13.6 Å². The Hall–Kier alpha value is -2.66. The van der Waals surface area contributed by atoms with Crippen molar-refractivity contribution in [3.05, 3.63) is 40.8 Å². The Morgan fingerprint density at radius 2 is 2.12 bits per heavy atom. The Kier molecular flexibility index (Phi) is 6.89. The van der Waals surface area contributed by atoms with Crippen LogP contribution in [0.2, 0.25) is 5.02 Å². The van der Waals surface area contributed by atoms with Crippen LogP contribution in [0, 0.1) is 6.92 Å². The smallest absolute Gasteiger partial charge is 0.272 e. The van der Waals surface area contributed by atoms with Crippen molar-refractivity contribution in [2.24, 2.45) is 0 Å². The van der Waals surface area contributed by atoms with Gasteiger partial charge >= 0.3 is 0 Å². The van der Waals surface area contributed by atoms with Crippen LogP contribution in [0.25, 0.3) is 5.65 Å². The van der Waals surface area contributed by atoms with Crippen molar-refractivity contribution in [3.63, 3.8) is 0 Å². The van der Waals surface area contributed by atoms with Crippen LogP contribution in [-0.2, 0) is 0 Å². The molecule has 0 unspecified atom stereocenters. The van der Waals surface area contributed by atoms with E-state index in [0.29, 0.717) is 11.3 Å². The van der Waals surface area contributed by atoms with Crippen molar-refractivity contribution < 1.29 is 23.0 Å². The number of aromatic nitrogens is 4. The van der Waals surface area contributed by atoms with Gasteiger partial charge in [-0.1, -0.05) is 11.6 Å². The number of carbonyl (C=O) groups excluding carboxylic acids is 1.